The number of rotatable bonds is 4. The van der Waals surface area contributed by atoms with E-state index in [9.17, 15) is 22.8 Å². The number of hydrazine groups is 1. The number of amides is 3. The molecule has 0 aliphatic carbocycles. The molecule has 1 heterocycles. The lowest BCUT2D eigenvalue weighted by atomic mass is 10.1. The molecular weight excluding hydrogens is 416 g/mol. The highest BCUT2D eigenvalue weighted by molar-refractivity contribution is 7.92. The summed E-state index contributed by atoms with van der Waals surface area (Å²) in [6.07, 6.45) is 0.166. The average Bonchev–Trinajstić information content (AvgIpc) is 2.70. The van der Waals surface area contributed by atoms with Gasteiger partial charge in [-0.3, -0.25) is 15.0 Å². The maximum Gasteiger partial charge on any atom is 0.450 e. The second kappa shape index (κ2) is 9.17. The second-order valence-electron chi connectivity index (χ2n) is 6.23. The van der Waals surface area contributed by atoms with Gasteiger partial charge in [0.2, 0.25) is 5.91 Å². The number of aromatic nitrogens is 2. The minimum Gasteiger partial charge on any atom is -0.382 e. The van der Waals surface area contributed by atoms with E-state index < -0.39 is 33.0 Å². The summed E-state index contributed by atoms with van der Waals surface area (Å²) in [4.78, 5) is 46.7. The minimum atomic E-state index is -3.43. The topological polar surface area (TPSA) is 182 Å². The van der Waals surface area contributed by atoms with E-state index in [1.54, 1.807) is 19.3 Å². The zero-order valence-electron chi connectivity index (χ0n) is 16.3. The summed E-state index contributed by atoms with van der Waals surface area (Å²) >= 11 is 0. The Kier molecular flexibility index (Phi) is 6.89. The molecule has 0 aliphatic heterocycles. The molecule has 5 N–H and O–H groups in total. The molecule has 0 radical (unpaired) electrons. The minimum absolute atomic E-state index is 0.157. The van der Waals surface area contributed by atoms with Gasteiger partial charge in [0.1, 0.15) is 0 Å². The molecular formula is C17H20N6O6S. The molecule has 0 aliphatic rings. The summed E-state index contributed by atoms with van der Waals surface area (Å²) in [7, 11) is -3.43. The molecule has 0 fully saturated rings. The van der Waals surface area contributed by atoms with Gasteiger partial charge in [-0.15, -0.1) is 0 Å². The smallest absolute Gasteiger partial charge is 0.382 e. The van der Waals surface area contributed by atoms with Crippen molar-refractivity contribution in [3.8, 4) is 11.3 Å². The van der Waals surface area contributed by atoms with Crippen molar-refractivity contribution >= 4 is 33.6 Å². The van der Waals surface area contributed by atoms with Crippen LogP contribution in [0.2, 0.25) is 0 Å². The molecule has 12 nitrogen and oxygen atoms in total. The van der Waals surface area contributed by atoms with Crippen LogP contribution >= 0.6 is 0 Å². The highest BCUT2D eigenvalue weighted by Crippen LogP contribution is 2.22. The Morgan fingerprint density at radius 1 is 1.10 bits per heavy atom. The number of nitrogens with zero attached hydrogens (tertiary/aromatic N) is 2. The molecule has 2 rings (SSSR count). The molecule has 0 spiro atoms. The number of sulfone groups is 1. The third-order valence-electron chi connectivity index (χ3n) is 3.68. The number of carbonyl (C=O) groups excluding carboxylic acids is 3. The van der Waals surface area contributed by atoms with Crippen molar-refractivity contribution in [3.05, 3.63) is 36.2 Å². The van der Waals surface area contributed by atoms with Crippen LogP contribution in [-0.2, 0) is 19.5 Å². The van der Waals surface area contributed by atoms with Crippen LogP contribution in [0.3, 0.4) is 0 Å². The van der Waals surface area contributed by atoms with E-state index in [-0.39, 0.29) is 22.1 Å². The van der Waals surface area contributed by atoms with E-state index in [4.69, 9.17) is 5.73 Å². The molecule has 0 atom stereocenters. The van der Waals surface area contributed by atoms with Crippen LogP contribution in [0, 0.1) is 0 Å². The molecule has 3 amide bonds. The molecule has 0 saturated carbocycles. The van der Waals surface area contributed by atoms with E-state index in [0.29, 0.717) is 5.56 Å². The summed E-state index contributed by atoms with van der Waals surface area (Å²) < 4.78 is 24.4. The Bertz CT molecular complexity index is 1070. The third kappa shape index (κ3) is 5.41. The van der Waals surface area contributed by atoms with Gasteiger partial charge in [0, 0.05) is 12.5 Å². The fourth-order valence-electron chi connectivity index (χ4n) is 2.10. The summed E-state index contributed by atoms with van der Waals surface area (Å²) in [6.45, 7) is 4.29. The number of hydrogen-bond acceptors (Lipinski definition) is 9. The van der Waals surface area contributed by atoms with Crippen molar-refractivity contribution in [1.29, 1.82) is 0 Å². The largest absolute Gasteiger partial charge is 0.450 e. The van der Waals surface area contributed by atoms with Crippen molar-refractivity contribution in [2.45, 2.75) is 30.9 Å². The van der Waals surface area contributed by atoms with Crippen molar-refractivity contribution in [1.82, 2.24) is 26.3 Å². The quantitative estimate of drug-likeness (QED) is 0.491. The number of anilines is 1. The average molecular weight is 436 g/mol. The van der Waals surface area contributed by atoms with Crippen LogP contribution in [0.4, 0.5) is 10.6 Å². The maximum absolute atomic E-state index is 12.2. The number of nitrogen functional groups attached to an aromatic ring is 1. The summed E-state index contributed by atoms with van der Waals surface area (Å²) in [5.41, 5.74) is 11.8. The van der Waals surface area contributed by atoms with Gasteiger partial charge in [-0.05, 0) is 26.0 Å². The summed E-state index contributed by atoms with van der Waals surface area (Å²) in [5, 5.41) is -0.570. The Balaban J connectivity index is 2.17. The Morgan fingerprint density at radius 3 is 2.30 bits per heavy atom. The summed E-state index contributed by atoms with van der Waals surface area (Å²) in [6, 6.07) is 5.92. The standard InChI is InChI=1S/C17H20N6O6S/c1-9(2)30(27,28)12-6-4-11(5-7-12)13-8-19-15(18)14(20-13)16(25)21-22-17(26)29-23-10(3)24/h4-9H,1-3H3,(H2,18,19)(H,21,25)(H,22,26)(H,23,24). The predicted octanol–water partition coefficient (Wildman–Crippen LogP) is 0.330. The first kappa shape index (κ1) is 22.5. The van der Waals surface area contributed by atoms with Crippen molar-refractivity contribution < 1.29 is 27.6 Å². The van der Waals surface area contributed by atoms with Crippen LogP contribution in [0.1, 0.15) is 31.3 Å². The number of nitrogens with two attached hydrogens (primary N) is 1. The molecule has 0 unspecified atom stereocenters. The fraction of sp³-hybridized carbons (Fsp3) is 0.235. The predicted molar refractivity (Wildman–Crippen MR) is 105 cm³/mol. The number of hydrogen-bond donors (Lipinski definition) is 4. The highest BCUT2D eigenvalue weighted by Gasteiger charge is 2.20. The van der Waals surface area contributed by atoms with Crippen molar-refractivity contribution in [2.75, 3.05) is 5.73 Å². The molecule has 13 heteroatoms. The Morgan fingerprint density at radius 2 is 1.73 bits per heavy atom. The highest BCUT2D eigenvalue weighted by atomic mass is 32.2. The van der Waals surface area contributed by atoms with Crippen LogP contribution < -0.4 is 22.1 Å². The fourth-order valence-corrected chi connectivity index (χ4v) is 3.16. The lowest BCUT2D eigenvalue weighted by molar-refractivity contribution is -0.127. The van der Waals surface area contributed by atoms with E-state index >= 15 is 0 Å². The van der Waals surface area contributed by atoms with E-state index in [2.05, 4.69) is 14.8 Å². The van der Waals surface area contributed by atoms with Gasteiger partial charge in [0.15, 0.2) is 21.3 Å². The maximum atomic E-state index is 12.2. The van der Waals surface area contributed by atoms with Crippen molar-refractivity contribution in [3.63, 3.8) is 0 Å². The van der Waals surface area contributed by atoms with Gasteiger partial charge in [0.25, 0.3) is 5.91 Å². The van der Waals surface area contributed by atoms with Crippen LogP contribution in [0.15, 0.2) is 35.4 Å². The van der Waals surface area contributed by atoms with Gasteiger partial charge in [-0.25, -0.2) is 28.6 Å². The number of benzene rings is 1. The third-order valence-corrected chi connectivity index (χ3v) is 5.85. The first-order valence-electron chi connectivity index (χ1n) is 8.53. The molecule has 0 bridgehead atoms. The molecule has 1 aromatic carbocycles. The lowest BCUT2D eigenvalue weighted by Gasteiger charge is -2.10. The number of hydroxylamine groups is 1. The SMILES string of the molecule is CC(=O)NOC(=O)NNC(=O)c1nc(-c2ccc(S(=O)(=O)C(C)C)cc2)cnc1N. The monoisotopic (exact) mass is 436 g/mol. The lowest BCUT2D eigenvalue weighted by Crippen LogP contribution is -2.44. The van der Waals surface area contributed by atoms with Gasteiger partial charge in [-0.2, -0.15) is 5.48 Å². The van der Waals surface area contributed by atoms with Gasteiger partial charge < -0.3 is 10.6 Å². The zero-order valence-corrected chi connectivity index (χ0v) is 17.1. The van der Waals surface area contributed by atoms with E-state index in [0.717, 1.165) is 6.92 Å². The molecule has 2 aromatic rings. The number of nitrogens with one attached hydrogen (secondary N) is 3. The Labute approximate surface area is 172 Å². The first-order valence-corrected chi connectivity index (χ1v) is 10.1. The normalized spacial score (nSPS) is 10.9. The van der Waals surface area contributed by atoms with Crippen LogP contribution in [0.5, 0.6) is 0 Å². The van der Waals surface area contributed by atoms with Gasteiger partial charge in [0.05, 0.1) is 22.0 Å². The zero-order chi connectivity index (χ0) is 22.5. The number of carbonyl (C=O) groups is 3. The molecule has 1 aromatic heterocycles. The van der Waals surface area contributed by atoms with Gasteiger partial charge in [-0.1, -0.05) is 12.1 Å². The van der Waals surface area contributed by atoms with Crippen molar-refractivity contribution in [2.24, 2.45) is 0 Å². The van der Waals surface area contributed by atoms with Crippen LogP contribution in [0.25, 0.3) is 11.3 Å². The summed E-state index contributed by atoms with van der Waals surface area (Å²) in [5.74, 6) is -1.71. The molecule has 160 valence electrons. The second-order valence-corrected chi connectivity index (χ2v) is 8.74. The molecule has 0 saturated heterocycles. The first-order chi connectivity index (χ1) is 14.0. The Hall–Kier alpha value is -3.74. The van der Waals surface area contributed by atoms with Gasteiger partial charge >= 0.3 is 6.09 Å². The van der Waals surface area contributed by atoms with E-state index in [1.807, 2.05) is 10.9 Å². The van der Waals surface area contributed by atoms with E-state index in [1.165, 1.54) is 30.5 Å². The molecule has 30 heavy (non-hydrogen) atoms. The van der Waals surface area contributed by atoms with Crippen LogP contribution in [-0.4, -0.2) is 41.5 Å².